The Hall–Kier alpha value is -4.06. The monoisotopic (exact) mass is 443 g/mol. The molecule has 1 saturated heterocycles. The molecule has 1 atom stereocenters. The quantitative estimate of drug-likeness (QED) is 0.329. The average molecular weight is 443 g/mol. The van der Waals surface area contributed by atoms with E-state index in [2.05, 4.69) is 0 Å². The Bertz CT molecular complexity index is 1230. The molecule has 1 aliphatic heterocycles. The van der Waals surface area contributed by atoms with E-state index in [-0.39, 0.29) is 11.3 Å². The molecule has 0 radical (unpaired) electrons. The maximum absolute atomic E-state index is 13.3. The number of ether oxygens (including phenoxy) is 2. The number of aliphatic hydroxyl groups is 1. The van der Waals surface area contributed by atoms with Crippen molar-refractivity contribution in [2.24, 2.45) is 0 Å². The number of carbonyl (C=O) groups is 2. The molecular formula is C27H25NO5. The van der Waals surface area contributed by atoms with Crippen LogP contribution in [0.25, 0.3) is 5.76 Å². The summed E-state index contributed by atoms with van der Waals surface area (Å²) in [5, 5.41) is 11.2. The van der Waals surface area contributed by atoms with Crippen LogP contribution in [0.2, 0.25) is 0 Å². The largest absolute Gasteiger partial charge is 0.507 e. The van der Waals surface area contributed by atoms with Crippen molar-refractivity contribution in [2.75, 3.05) is 18.6 Å². The lowest BCUT2D eigenvalue weighted by Gasteiger charge is -2.27. The molecule has 3 aromatic rings. The van der Waals surface area contributed by atoms with Crippen molar-refractivity contribution in [3.8, 4) is 11.5 Å². The lowest BCUT2D eigenvalue weighted by Crippen LogP contribution is -2.30. The normalized spacial score (nSPS) is 17.3. The number of methoxy groups -OCH3 is 1. The lowest BCUT2D eigenvalue weighted by atomic mass is 9.94. The fraction of sp³-hybridized carbons (Fsp3) is 0.185. The summed E-state index contributed by atoms with van der Waals surface area (Å²) in [6.45, 7) is 4.30. The van der Waals surface area contributed by atoms with Gasteiger partial charge in [0.1, 0.15) is 17.3 Å². The standard InChI is InChI=1S/C27H25NO5/c1-4-33-20-14-12-18(13-15-20)24-23(25(29)19-9-7-10-21(16-19)32-3)26(30)27(31)28(24)22-11-6-5-8-17(22)2/h5-16,24,29H,4H2,1-3H3/b25-23-. The third-order valence-electron chi connectivity index (χ3n) is 5.67. The van der Waals surface area contributed by atoms with Gasteiger partial charge < -0.3 is 14.6 Å². The van der Waals surface area contributed by atoms with Crippen LogP contribution in [0.5, 0.6) is 11.5 Å². The Labute approximate surface area is 192 Å². The van der Waals surface area contributed by atoms with Gasteiger partial charge in [0.15, 0.2) is 0 Å². The predicted molar refractivity (Wildman–Crippen MR) is 127 cm³/mol. The molecule has 0 aromatic heterocycles. The Morgan fingerprint density at radius 3 is 2.36 bits per heavy atom. The highest BCUT2D eigenvalue weighted by Crippen LogP contribution is 2.43. The number of hydrogen-bond acceptors (Lipinski definition) is 5. The molecule has 168 valence electrons. The molecule has 6 nitrogen and oxygen atoms in total. The number of anilines is 1. The van der Waals surface area contributed by atoms with E-state index in [0.29, 0.717) is 34.9 Å². The molecule has 0 bridgehead atoms. The van der Waals surface area contributed by atoms with Gasteiger partial charge in [0.2, 0.25) is 0 Å². The van der Waals surface area contributed by atoms with Crippen LogP contribution in [0, 0.1) is 6.92 Å². The summed E-state index contributed by atoms with van der Waals surface area (Å²) in [6.07, 6.45) is 0. The molecule has 0 spiro atoms. The van der Waals surface area contributed by atoms with Gasteiger partial charge in [-0.2, -0.15) is 0 Å². The van der Waals surface area contributed by atoms with E-state index in [0.717, 1.165) is 5.56 Å². The molecule has 1 amide bonds. The first-order valence-corrected chi connectivity index (χ1v) is 10.7. The topological polar surface area (TPSA) is 76.1 Å². The third-order valence-corrected chi connectivity index (χ3v) is 5.67. The first-order chi connectivity index (χ1) is 16.0. The minimum absolute atomic E-state index is 0.0284. The van der Waals surface area contributed by atoms with Crippen molar-refractivity contribution in [1.29, 1.82) is 0 Å². The van der Waals surface area contributed by atoms with E-state index >= 15 is 0 Å². The summed E-state index contributed by atoms with van der Waals surface area (Å²) >= 11 is 0. The summed E-state index contributed by atoms with van der Waals surface area (Å²) in [5.41, 5.74) is 2.57. The number of rotatable bonds is 6. The van der Waals surface area contributed by atoms with Crippen molar-refractivity contribution >= 4 is 23.1 Å². The average Bonchev–Trinajstić information content (AvgIpc) is 3.10. The Morgan fingerprint density at radius 2 is 1.70 bits per heavy atom. The Kier molecular flexibility index (Phi) is 6.18. The van der Waals surface area contributed by atoms with Gasteiger partial charge in [-0.3, -0.25) is 14.5 Å². The number of amides is 1. The van der Waals surface area contributed by atoms with Crippen molar-refractivity contribution < 1.29 is 24.2 Å². The van der Waals surface area contributed by atoms with Crippen LogP contribution < -0.4 is 14.4 Å². The van der Waals surface area contributed by atoms with Gasteiger partial charge in [-0.15, -0.1) is 0 Å². The molecule has 1 N–H and O–H groups in total. The molecule has 1 unspecified atom stereocenters. The molecule has 0 saturated carbocycles. The second-order valence-corrected chi connectivity index (χ2v) is 7.69. The fourth-order valence-corrected chi connectivity index (χ4v) is 4.07. The number of carbonyl (C=O) groups excluding carboxylic acids is 2. The summed E-state index contributed by atoms with van der Waals surface area (Å²) in [5.74, 6) is -0.459. The van der Waals surface area contributed by atoms with Gasteiger partial charge in [0.25, 0.3) is 11.7 Å². The maximum atomic E-state index is 13.3. The number of para-hydroxylation sites is 1. The lowest BCUT2D eigenvalue weighted by molar-refractivity contribution is -0.132. The molecule has 1 aliphatic rings. The zero-order valence-corrected chi connectivity index (χ0v) is 18.7. The van der Waals surface area contributed by atoms with Crippen LogP contribution >= 0.6 is 0 Å². The first kappa shape index (κ1) is 22.1. The zero-order valence-electron chi connectivity index (χ0n) is 18.7. The van der Waals surface area contributed by atoms with Crippen molar-refractivity contribution in [2.45, 2.75) is 19.9 Å². The highest BCUT2D eigenvalue weighted by Gasteiger charge is 2.47. The third kappa shape index (κ3) is 4.07. The molecule has 6 heteroatoms. The highest BCUT2D eigenvalue weighted by atomic mass is 16.5. The summed E-state index contributed by atoms with van der Waals surface area (Å²) in [4.78, 5) is 28.0. The minimum Gasteiger partial charge on any atom is -0.507 e. The van der Waals surface area contributed by atoms with Crippen LogP contribution in [0.4, 0.5) is 5.69 Å². The number of benzene rings is 3. The van der Waals surface area contributed by atoms with E-state index in [1.807, 2.05) is 44.2 Å². The van der Waals surface area contributed by atoms with Gasteiger partial charge in [0, 0.05) is 11.3 Å². The summed E-state index contributed by atoms with van der Waals surface area (Å²) in [7, 11) is 1.52. The van der Waals surface area contributed by atoms with Gasteiger partial charge in [-0.25, -0.2) is 0 Å². The smallest absolute Gasteiger partial charge is 0.300 e. The fourth-order valence-electron chi connectivity index (χ4n) is 4.07. The predicted octanol–water partition coefficient (Wildman–Crippen LogP) is 5.03. The molecular weight excluding hydrogens is 418 g/mol. The van der Waals surface area contributed by atoms with Crippen LogP contribution in [-0.2, 0) is 9.59 Å². The molecule has 33 heavy (non-hydrogen) atoms. The van der Waals surface area contributed by atoms with Crippen molar-refractivity contribution in [1.82, 2.24) is 0 Å². The molecule has 3 aromatic carbocycles. The number of aliphatic hydroxyl groups excluding tert-OH is 1. The Balaban J connectivity index is 1.93. The van der Waals surface area contributed by atoms with E-state index in [1.54, 1.807) is 42.5 Å². The first-order valence-electron chi connectivity index (χ1n) is 10.7. The van der Waals surface area contributed by atoms with Crippen LogP contribution in [0.15, 0.2) is 78.4 Å². The zero-order chi connectivity index (χ0) is 23.5. The number of aryl methyl sites for hydroxylation is 1. The Morgan fingerprint density at radius 1 is 0.970 bits per heavy atom. The second-order valence-electron chi connectivity index (χ2n) is 7.69. The second kappa shape index (κ2) is 9.20. The van der Waals surface area contributed by atoms with Crippen LogP contribution in [0.1, 0.15) is 29.7 Å². The number of Topliss-reactive ketones (excluding diaryl/α,β-unsaturated/α-hetero) is 1. The number of ketones is 1. The molecule has 1 heterocycles. The van der Waals surface area contributed by atoms with E-state index in [4.69, 9.17) is 9.47 Å². The van der Waals surface area contributed by atoms with Gasteiger partial charge in [-0.05, 0) is 55.3 Å². The van der Waals surface area contributed by atoms with Gasteiger partial charge in [-0.1, -0.05) is 42.5 Å². The van der Waals surface area contributed by atoms with Gasteiger partial charge >= 0.3 is 0 Å². The van der Waals surface area contributed by atoms with Gasteiger partial charge in [0.05, 0.1) is 25.3 Å². The highest BCUT2D eigenvalue weighted by molar-refractivity contribution is 6.51. The van der Waals surface area contributed by atoms with Crippen molar-refractivity contribution in [3.63, 3.8) is 0 Å². The minimum atomic E-state index is -0.798. The molecule has 1 fully saturated rings. The maximum Gasteiger partial charge on any atom is 0.300 e. The van der Waals surface area contributed by atoms with Crippen LogP contribution in [0.3, 0.4) is 0 Å². The molecule has 0 aliphatic carbocycles. The van der Waals surface area contributed by atoms with E-state index in [1.165, 1.54) is 12.0 Å². The molecule has 4 rings (SSSR count). The van der Waals surface area contributed by atoms with E-state index in [9.17, 15) is 14.7 Å². The van der Waals surface area contributed by atoms with E-state index < -0.39 is 17.7 Å². The SMILES string of the molecule is CCOc1ccc(C2/C(=C(/O)c3cccc(OC)c3)C(=O)C(=O)N2c2ccccc2C)cc1. The summed E-state index contributed by atoms with van der Waals surface area (Å²) < 4.78 is 10.8. The summed E-state index contributed by atoms with van der Waals surface area (Å²) in [6, 6.07) is 20.6. The van der Waals surface area contributed by atoms with Crippen molar-refractivity contribution in [3.05, 3.63) is 95.1 Å². The van der Waals surface area contributed by atoms with Crippen LogP contribution in [-0.4, -0.2) is 30.5 Å². The number of hydrogen-bond donors (Lipinski definition) is 1. The number of nitrogens with zero attached hydrogens (tertiary/aromatic N) is 1.